The highest BCUT2D eigenvalue weighted by Gasteiger charge is 2.15. The van der Waals surface area contributed by atoms with E-state index in [-0.39, 0.29) is 5.97 Å². The minimum atomic E-state index is -0.298. The van der Waals surface area contributed by atoms with Crippen LogP contribution in [0.15, 0.2) is 29.9 Å². The summed E-state index contributed by atoms with van der Waals surface area (Å²) in [6.45, 7) is 2.00. The highest BCUT2D eigenvalue weighted by atomic mass is 32.1. The highest BCUT2D eigenvalue weighted by Crippen LogP contribution is 2.30. The number of hydrogen-bond donors (Lipinski definition) is 0. The molecule has 0 aliphatic carbocycles. The van der Waals surface area contributed by atoms with E-state index < -0.39 is 0 Å². The van der Waals surface area contributed by atoms with E-state index >= 15 is 0 Å². The average molecular weight is 233 g/mol. The molecule has 0 saturated heterocycles. The molecule has 82 valence electrons. The van der Waals surface area contributed by atoms with Crippen molar-refractivity contribution in [3.8, 4) is 11.1 Å². The number of methoxy groups -OCH3 is 1. The zero-order valence-electron chi connectivity index (χ0n) is 9.06. The summed E-state index contributed by atoms with van der Waals surface area (Å²) in [7, 11) is 1.39. The van der Waals surface area contributed by atoms with E-state index in [9.17, 15) is 4.79 Å². The largest absolute Gasteiger partial charge is 0.465 e. The van der Waals surface area contributed by atoms with Crippen LogP contribution in [0.2, 0.25) is 0 Å². The minimum absolute atomic E-state index is 0.298. The summed E-state index contributed by atoms with van der Waals surface area (Å²) in [5.41, 5.74) is 2.96. The van der Waals surface area contributed by atoms with E-state index in [4.69, 9.17) is 4.74 Å². The number of aryl methyl sites for hydroxylation is 1. The number of pyridine rings is 1. The van der Waals surface area contributed by atoms with Gasteiger partial charge in [0.15, 0.2) is 0 Å². The first-order valence-electron chi connectivity index (χ1n) is 4.81. The average Bonchev–Trinajstić information content (AvgIpc) is 2.77. The fraction of sp³-hybridized carbons (Fsp3) is 0.167. The molecule has 0 radical (unpaired) electrons. The molecule has 2 rings (SSSR count). The van der Waals surface area contributed by atoms with E-state index in [1.165, 1.54) is 18.4 Å². The van der Waals surface area contributed by atoms with Crippen LogP contribution in [0.5, 0.6) is 0 Å². The third kappa shape index (κ3) is 1.84. The van der Waals surface area contributed by atoms with Gasteiger partial charge < -0.3 is 4.74 Å². The van der Waals surface area contributed by atoms with Crippen molar-refractivity contribution in [1.82, 2.24) is 4.98 Å². The maximum atomic E-state index is 11.5. The van der Waals surface area contributed by atoms with Crippen LogP contribution in [0, 0.1) is 6.92 Å². The Balaban J connectivity index is 2.53. The number of rotatable bonds is 2. The predicted molar refractivity (Wildman–Crippen MR) is 63.6 cm³/mol. The minimum Gasteiger partial charge on any atom is -0.465 e. The Labute approximate surface area is 97.7 Å². The normalized spacial score (nSPS) is 10.1. The van der Waals surface area contributed by atoms with Crippen LogP contribution in [0.25, 0.3) is 11.1 Å². The Hall–Kier alpha value is -1.68. The Bertz CT molecular complexity index is 519. The summed E-state index contributed by atoms with van der Waals surface area (Å²) in [6.07, 6.45) is 3.51. The van der Waals surface area contributed by atoms with Crippen molar-refractivity contribution in [2.75, 3.05) is 7.11 Å². The van der Waals surface area contributed by atoms with E-state index in [0.29, 0.717) is 4.88 Å². The van der Waals surface area contributed by atoms with Crippen LogP contribution in [0.1, 0.15) is 15.2 Å². The molecule has 0 aromatic carbocycles. The second kappa shape index (κ2) is 4.45. The lowest BCUT2D eigenvalue weighted by Gasteiger charge is -2.04. The van der Waals surface area contributed by atoms with E-state index in [2.05, 4.69) is 4.98 Å². The van der Waals surface area contributed by atoms with Gasteiger partial charge in [-0.2, -0.15) is 0 Å². The number of ether oxygens (including phenoxy) is 1. The van der Waals surface area contributed by atoms with Crippen LogP contribution in [-0.2, 0) is 4.74 Å². The standard InChI is InChI=1S/C12H11NO2S/c1-8-3-5-13-7-10(8)9-4-6-16-11(9)12(14)15-2/h3-7H,1-2H3. The summed E-state index contributed by atoms with van der Waals surface area (Å²) in [5.74, 6) is -0.298. The lowest BCUT2D eigenvalue weighted by Crippen LogP contribution is -2.00. The van der Waals surface area contributed by atoms with E-state index in [1.54, 1.807) is 12.4 Å². The SMILES string of the molecule is COC(=O)c1sccc1-c1cnccc1C. The Morgan fingerprint density at radius 2 is 2.19 bits per heavy atom. The molecule has 4 heteroatoms. The topological polar surface area (TPSA) is 39.2 Å². The van der Waals surface area contributed by atoms with Gasteiger partial charge in [0.05, 0.1) is 7.11 Å². The molecular weight excluding hydrogens is 222 g/mol. The van der Waals surface area contributed by atoms with Crippen LogP contribution >= 0.6 is 11.3 Å². The first-order valence-corrected chi connectivity index (χ1v) is 5.69. The zero-order valence-corrected chi connectivity index (χ0v) is 9.88. The molecular formula is C12H11NO2S. The van der Waals surface area contributed by atoms with Gasteiger partial charge in [-0.05, 0) is 30.0 Å². The molecule has 2 aromatic rings. The van der Waals surface area contributed by atoms with Gasteiger partial charge in [-0.25, -0.2) is 4.79 Å². The second-order valence-corrected chi connectivity index (χ2v) is 4.26. The van der Waals surface area contributed by atoms with Gasteiger partial charge >= 0.3 is 5.97 Å². The Morgan fingerprint density at radius 3 is 2.88 bits per heavy atom. The number of aromatic nitrogens is 1. The number of nitrogens with zero attached hydrogens (tertiary/aromatic N) is 1. The first-order chi connectivity index (χ1) is 7.74. The molecule has 0 unspecified atom stereocenters. The van der Waals surface area contributed by atoms with Crippen molar-refractivity contribution in [2.45, 2.75) is 6.92 Å². The summed E-state index contributed by atoms with van der Waals surface area (Å²) in [4.78, 5) is 16.3. The molecule has 0 aliphatic rings. The maximum absolute atomic E-state index is 11.5. The lowest BCUT2D eigenvalue weighted by atomic mass is 10.0. The molecule has 0 spiro atoms. The van der Waals surface area contributed by atoms with Crippen molar-refractivity contribution in [2.24, 2.45) is 0 Å². The third-order valence-electron chi connectivity index (χ3n) is 2.37. The molecule has 2 heterocycles. The molecule has 0 amide bonds. The van der Waals surface area contributed by atoms with Gasteiger partial charge in [0.25, 0.3) is 0 Å². The molecule has 0 N–H and O–H groups in total. The predicted octanol–water partition coefficient (Wildman–Crippen LogP) is 2.91. The highest BCUT2D eigenvalue weighted by molar-refractivity contribution is 7.12. The van der Waals surface area contributed by atoms with Crippen molar-refractivity contribution >= 4 is 17.3 Å². The molecule has 0 saturated carbocycles. The van der Waals surface area contributed by atoms with Crippen LogP contribution in [0.3, 0.4) is 0 Å². The smallest absolute Gasteiger partial charge is 0.348 e. The number of carbonyl (C=O) groups excluding carboxylic acids is 1. The van der Waals surface area contributed by atoms with Gasteiger partial charge in [0.1, 0.15) is 4.88 Å². The van der Waals surface area contributed by atoms with Crippen molar-refractivity contribution < 1.29 is 9.53 Å². The molecule has 0 bridgehead atoms. The molecule has 0 aliphatic heterocycles. The molecule has 0 fully saturated rings. The molecule has 3 nitrogen and oxygen atoms in total. The fourth-order valence-corrected chi connectivity index (χ4v) is 2.34. The zero-order chi connectivity index (χ0) is 11.5. The van der Waals surface area contributed by atoms with Gasteiger partial charge in [-0.3, -0.25) is 4.98 Å². The third-order valence-corrected chi connectivity index (χ3v) is 3.26. The number of thiophene rings is 1. The van der Waals surface area contributed by atoms with Crippen molar-refractivity contribution in [3.63, 3.8) is 0 Å². The Kier molecular flexibility index (Phi) is 3.01. The van der Waals surface area contributed by atoms with Gasteiger partial charge in [-0.1, -0.05) is 0 Å². The van der Waals surface area contributed by atoms with Crippen LogP contribution < -0.4 is 0 Å². The van der Waals surface area contributed by atoms with Crippen molar-refractivity contribution in [3.05, 3.63) is 40.3 Å². The van der Waals surface area contributed by atoms with Crippen molar-refractivity contribution in [1.29, 1.82) is 0 Å². The summed E-state index contributed by atoms with van der Waals surface area (Å²) in [6, 6.07) is 3.84. The van der Waals surface area contributed by atoms with E-state index in [1.807, 2.05) is 24.4 Å². The summed E-state index contributed by atoms with van der Waals surface area (Å²) < 4.78 is 4.75. The number of esters is 1. The quantitative estimate of drug-likeness (QED) is 0.749. The van der Waals surface area contributed by atoms with Gasteiger partial charge in [0.2, 0.25) is 0 Å². The summed E-state index contributed by atoms with van der Waals surface area (Å²) in [5, 5.41) is 1.88. The molecule has 2 aromatic heterocycles. The fourth-order valence-electron chi connectivity index (χ4n) is 1.52. The van der Waals surface area contributed by atoms with Crippen LogP contribution in [-0.4, -0.2) is 18.1 Å². The molecule has 0 atom stereocenters. The first kappa shape index (κ1) is 10.8. The monoisotopic (exact) mass is 233 g/mol. The van der Waals surface area contributed by atoms with E-state index in [0.717, 1.165) is 16.7 Å². The number of hydrogen-bond acceptors (Lipinski definition) is 4. The van der Waals surface area contributed by atoms with Crippen LogP contribution in [0.4, 0.5) is 0 Å². The lowest BCUT2D eigenvalue weighted by molar-refractivity contribution is 0.0607. The maximum Gasteiger partial charge on any atom is 0.348 e. The Morgan fingerprint density at radius 1 is 1.38 bits per heavy atom. The van der Waals surface area contributed by atoms with Gasteiger partial charge in [0, 0.05) is 23.5 Å². The second-order valence-electron chi connectivity index (χ2n) is 3.35. The molecule has 16 heavy (non-hydrogen) atoms. The number of carbonyl (C=O) groups is 1. The van der Waals surface area contributed by atoms with Gasteiger partial charge in [-0.15, -0.1) is 11.3 Å². The summed E-state index contributed by atoms with van der Waals surface area (Å²) >= 11 is 1.38.